The molecule has 20 heavy (non-hydrogen) atoms. The summed E-state index contributed by atoms with van der Waals surface area (Å²) >= 11 is 1.89. The summed E-state index contributed by atoms with van der Waals surface area (Å²) in [4.78, 5) is 34.4. The molecule has 8 heteroatoms. The molecule has 1 aromatic rings. The van der Waals surface area contributed by atoms with Crippen LogP contribution in [0.4, 0.5) is 5.69 Å². The molecule has 0 aliphatic rings. The first-order valence-electron chi connectivity index (χ1n) is 5.81. The van der Waals surface area contributed by atoms with Gasteiger partial charge in [-0.2, -0.15) is 0 Å². The zero-order chi connectivity index (χ0) is 15.3. The molecule has 0 aliphatic heterocycles. The number of carboxylic acid groups (broad SMARTS) is 1. The number of benzene rings is 1. The molecule has 0 unspecified atom stereocenters. The van der Waals surface area contributed by atoms with Crippen LogP contribution in [0.15, 0.2) is 18.2 Å². The molecule has 0 aromatic heterocycles. The minimum atomic E-state index is -1.12. The largest absolute Gasteiger partial charge is 0.480 e. The Morgan fingerprint density at radius 2 is 2.10 bits per heavy atom. The minimum Gasteiger partial charge on any atom is -0.480 e. The summed E-state index contributed by atoms with van der Waals surface area (Å²) in [6, 6.07) is 3.95. The van der Waals surface area contributed by atoms with Crippen LogP contribution < -0.4 is 0 Å². The average molecular weight is 392 g/mol. The van der Waals surface area contributed by atoms with Crippen molar-refractivity contribution >= 4 is 40.2 Å². The Hall–Kier alpha value is -1.71. The number of amides is 1. The van der Waals surface area contributed by atoms with Crippen molar-refractivity contribution in [3.63, 3.8) is 0 Å². The molecular weight excluding hydrogens is 379 g/mol. The lowest BCUT2D eigenvalue weighted by atomic mass is 10.1. The normalized spacial score (nSPS) is 10.1. The van der Waals surface area contributed by atoms with Gasteiger partial charge in [0.15, 0.2) is 0 Å². The van der Waals surface area contributed by atoms with Crippen LogP contribution >= 0.6 is 22.6 Å². The van der Waals surface area contributed by atoms with Gasteiger partial charge in [0, 0.05) is 22.2 Å². The van der Waals surface area contributed by atoms with Crippen molar-refractivity contribution in [2.24, 2.45) is 0 Å². The summed E-state index contributed by atoms with van der Waals surface area (Å²) in [5, 5.41) is 19.6. The van der Waals surface area contributed by atoms with Gasteiger partial charge in [0.2, 0.25) is 0 Å². The zero-order valence-corrected chi connectivity index (χ0v) is 12.9. The first-order valence-corrected chi connectivity index (χ1v) is 6.89. The van der Waals surface area contributed by atoms with E-state index in [0.29, 0.717) is 9.99 Å². The van der Waals surface area contributed by atoms with Crippen LogP contribution in [0.25, 0.3) is 0 Å². The van der Waals surface area contributed by atoms with E-state index in [1.165, 1.54) is 23.1 Å². The van der Waals surface area contributed by atoms with E-state index >= 15 is 0 Å². The number of hydrogen-bond acceptors (Lipinski definition) is 4. The lowest BCUT2D eigenvalue weighted by Gasteiger charge is -2.20. The summed E-state index contributed by atoms with van der Waals surface area (Å²) in [5.41, 5.74) is -0.0463. The van der Waals surface area contributed by atoms with Crippen LogP contribution in [0.5, 0.6) is 0 Å². The highest BCUT2D eigenvalue weighted by Crippen LogP contribution is 2.21. The molecule has 1 rings (SSSR count). The summed E-state index contributed by atoms with van der Waals surface area (Å²) < 4.78 is 0.546. The van der Waals surface area contributed by atoms with Crippen molar-refractivity contribution in [1.82, 2.24) is 4.90 Å². The minimum absolute atomic E-state index is 0.148. The maximum atomic E-state index is 12.3. The van der Waals surface area contributed by atoms with Crippen LogP contribution in [0.2, 0.25) is 0 Å². The predicted molar refractivity (Wildman–Crippen MR) is 79.6 cm³/mol. The molecule has 1 aromatic carbocycles. The molecule has 0 spiro atoms. The number of hydrogen-bond donors (Lipinski definition) is 1. The second-order valence-corrected chi connectivity index (χ2v) is 5.20. The number of nitrogens with zero attached hydrogens (tertiary/aromatic N) is 2. The molecule has 0 saturated heterocycles. The van der Waals surface area contributed by atoms with E-state index in [9.17, 15) is 19.7 Å². The molecule has 108 valence electrons. The Morgan fingerprint density at radius 1 is 1.45 bits per heavy atom. The maximum absolute atomic E-state index is 12.3. The van der Waals surface area contributed by atoms with Crippen LogP contribution in [0, 0.1) is 13.7 Å². The molecule has 0 atom stereocenters. The molecule has 0 radical (unpaired) electrons. The highest BCUT2D eigenvalue weighted by Gasteiger charge is 2.22. The Bertz CT molecular complexity index is 547. The van der Waals surface area contributed by atoms with Crippen LogP contribution in [-0.2, 0) is 4.79 Å². The van der Waals surface area contributed by atoms with E-state index in [4.69, 9.17) is 5.11 Å². The summed E-state index contributed by atoms with van der Waals surface area (Å²) in [5.74, 6) is -1.63. The maximum Gasteiger partial charge on any atom is 0.323 e. The van der Waals surface area contributed by atoms with Gasteiger partial charge in [0.1, 0.15) is 6.54 Å². The molecule has 0 saturated carbocycles. The molecular formula is C12H13IN2O5. The van der Waals surface area contributed by atoms with Crippen LogP contribution in [0.3, 0.4) is 0 Å². The predicted octanol–water partition coefficient (Wildman–Crippen LogP) is 2.14. The quantitative estimate of drug-likeness (QED) is 0.454. The van der Waals surface area contributed by atoms with Gasteiger partial charge < -0.3 is 10.0 Å². The topological polar surface area (TPSA) is 101 Å². The number of halogens is 1. The standard InChI is InChI=1S/C12H13IN2O5/c1-2-5-14(7-11(16)17)12(18)9-6-8(15(19)20)3-4-10(9)13/h3-4,6H,2,5,7H2,1H3,(H,16,17). The van der Waals surface area contributed by atoms with E-state index in [1.807, 2.05) is 29.5 Å². The molecule has 0 heterocycles. The smallest absolute Gasteiger partial charge is 0.323 e. The van der Waals surface area contributed by atoms with Crippen molar-refractivity contribution in [3.8, 4) is 0 Å². The number of rotatable bonds is 6. The third-order valence-electron chi connectivity index (χ3n) is 2.50. The Kier molecular flexibility index (Phi) is 5.86. The van der Waals surface area contributed by atoms with Crippen LogP contribution in [-0.4, -0.2) is 39.9 Å². The van der Waals surface area contributed by atoms with Crippen molar-refractivity contribution in [3.05, 3.63) is 37.4 Å². The van der Waals surface area contributed by atoms with Crippen molar-refractivity contribution in [2.45, 2.75) is 13.3 Å². The number of carboxylic acids is 1. The summed E-state index contributed by atoms with van der Waals surface area (Å²) in [7, 11) is 0. The van der Waals surface area contributed by atoms with Gasteiger partial charge in [0.05, 0.1) is 10.5 Å². The van der Waals surface area contributed by atoms with Crippen molar-refractivity contribution in [1.29, 1.82) is 0 Å². The zero-order valence-electron chi connectivity index (χ0n) is 10.7. The van der Waals surface area contributed by atoms with E-state index in [-0.39, 0.29) is 17.8 Å². The molecule has 1 N–H and O–H groups in total. The Morgan fingerprint density at radius 3 is 2.60 bits per heavy atom. The number of nitro benzene ring substituents is 1. The molecule has 0 aliphatic carbocycles. The van der Waals surface area contributed by atoms with Gasteiger partial charge in [-0.25, -0.2) is 0 Å². The van der Waals surface area contributed by atoms with Gasteiger partial charge >= 0.3 is 5.97 Å². The monoisotopic (exact) mass is 392 g/mol. The SMILES string of the molecule is CCCN(CC(=O)O)C(=O)c1cc([N+](=O)[O-])ccc1I. The van der Waals surface area contributed by atoms with Gasteiger partial charge in [-0.05, 0) is 35.1 Å². The highest BCUT2D eigenvalue weighted by molar-refractivity contribution is 14.1. The molecule has 0 bridgehead atoms. The highest BCUT2D eigenvalue weighted by atomic mass is 127. The lowest BCUT2D eigenvalue weighted by molar-refractivity contribution is -0.384. The van der Waals surface area contributed by atoms with E-state index in [1.54, 1.807) is 0 Å². The van der Waals surface area contributed by atoms with E-state index in [0.717, 1.165) is 0 Å². The number of nitro groups is 1. The first kappa shape index (κ1) is 16.3. The molecule has 0 fully saturated rings. The fourth-order valence-electron chi connectivity index (χ4n) is 1.65. The number of aliphatic carboxylic acids is 1. The Labute approximate surface area is 128 Å². The van der Waals surface area contributed by atoms with Crippen LogP contribution in [0.1, 0.15) is 23.7 Å². The third kappa shape index (κ3) is 4.15. The van der Waals surface area contributed by atoms with Gasteiger partial charge in [-0.3, -0.25) is 19.7 Å². The number of non-ortho nitro benzene ring substituents is 1. The van der Waals surface area contributed by atoms with Gasteiger partial charge in [-0.15, -0.1) is 0 Å². The average Bonchev–Trinajstić information content (AvgIpc) is 2.37. The fourth-order valence-corrected chi connectivity index (χ4v) is 2.21. The lowest BCUT2D eigenvalue weighted by Crippen LogP contribution is -2.36. The van der Waals surface area contributed by atoms with Crippen molar-refractivity contribution < 1.29 is 19.6 Å². The molecule has 1 amide bonds. The summed E-state index contributed by atoms with van der Waals surface area (Å²) in [6.07, 6.45) is 0.602. The van der Waals surface area contributed by atoms with E-state index in [2.05, 4.69) is 0 Å². The second kappa shape index (κ2) is 7.17. The number of carbonyl (C=O) groups is 2. The van der Waals surface area contributed by atoms with Gasteiger partial charge in [-0.1, -0.05) is 6.92 Å². The first-order chi connectivity index (χ1) is 9.36. The fraction of sp³-hybridized carbons (Fsp3) is 0.333. The Balaban J connectivity index is 3.13. The summed E-state index contributed by atoms with van der Waals surface area (Å²) in [6.45, 7) is 1.68. The van der Waals surface area contributed by atoms with E-state index < -0.39 is 23.3 Å². The second-order valence-electron chi connectivity index (χ2n) is 4.04. The van der Waals surface area contributed by atoms with Crippen molar-refractivity contribution in [2.75, 3.05) is 13.1 Å². The third-order valence-corrected chi connectivity index (χ3v) is 3.44. The number of carbonyl (C=O) groups excluding carboxylic acids is 1. The molecule has 7 nitrogen and oxygen atoms in total. The van der Waals surface area contributed by atoms with Gasteiger partial charge in [0.25, 0.3) is 11.6 Å².